The standard InChI is InChI=1S/C23H31N5O/c1-24-23(28-16-14-27(15-17-28)21-10-5-4-6-11-21)25-13-12-19-8-7-9-20(18-19)22(29)26(2)3/h4-11,18H,12-17H2,1-3H3,(H,24,25). The fourth-order valence-corrected chi connectivity index (χ4v) is 3.58. The van der Waals surface area contributed by atoms with E-state index in [-0.39, 0.29) is 5.91 Å². The number of aliphatic imine (C=N–C) groups is 1. The fourth-order valence-electron chi connectivity index (χ4n) is 3.58. The summed E-state index contributed by atoms with van der Waals surface area (Å²) in [6.07, 6.45) is 0.845. The summed E-state index contributed by atoms with van der Waals surface area (Å²) < 4.78 is 0. The van der Waals surface area contributed by atoms with E-state index in [4.69, 9.17) is 0 Å². The molecule has 1 amide bonds. The number of hydrogen-bond acceptors (Lipinski definition) is 3. The molecule has 0 aliphatic carbocycles. The number of benzene rings is 2. The Balaban J connectivity index is 1.49. The van der Waals surface area contributed by atoms with Gasteiger partial charge < -0.3 is 20.0 Å². The maximum Gasteiger partial charge on any atom is 0.253 e. The van der Waals surface area contributed by atoms with Crippen LogP contribution in [0.5, 0.6) is 0 Å². The number of rotatable bonds is 5. The van der Waals surface area contributed by atoms with Gasteiger partial charge in [-0.25, -0.2) is 0 Å². The molecule has 3 rings (SSSR count). The molecule has 1 aliphatic heterocycles. The van der Waals surface area contributed by atoms with Gasteiger partial charge in [0.15, 0.2) is 5.96 Å². The van der Waals surface area contributed by atoms with Gasteiger partial charge in [-0.05, 0) is 36.2 Å². The van der Waals surface area contributed by atoms with Crippen molar-refractivity contribution in [3.63, 3.8) is 0 Å². The molecule has 0 aromatic heterocycles. The van der Waals surface area contributed by atoms with Crippen molar-refractivity contribution in [3.05, 3.63) is 65.7 Å². The Bertz CT molecular complexity index is 826. The highest BCUT2D eigenvalue weighted by Crippen LogP contribution is 2.15. The number of carbonyl (C=O) groups excluding carboxylic acids is 1. The summed E-state index contributed by atoms with van der Waals surface area (Å²) in [5, 5.41) is 3.48. The molecule has 2 aromatic rings. The van der Waals surface area contributed by atoms with E-state index in [9.17, 15) is 4.79 Å². The van der Waals surface area contributed by atoms with Gasteiger partial charge in [0.25, 0.3) is 5.91 Å². The van der Waals surface area contributed by atoms with Crippen molar-refractivity contribution in [3.8, 4) is 0 Å². The van der Waals surface area contributed by atoms with Gasteiger partial charge in [0, 0.05) is 65.1 Å². The van der Waals surface area contributed by atoms with Gasteiger partial charge in [-0.2, -0.15) is 0 Å². The van der Waals surface area contributed by atoms with E-state index in [1.165, 1.54) is 5.69 Å². The molecule has 1 fully saturated rings. The van der Waals surface area contributed by atoms with E-state index < -0.39 is 0 Å². The summed E-state index contributed by atoms with van der Waals surface area (Å²) in [4.78, 5) is 22.9. The molecule has 154 valence electrons. The summed E-state index contributed by atoms with van der Waals surface area (Å²) in [6.45, 7) is 4.65. The van der Waals surface area contributed by atoms with Gasteiger partial charge in [-0.1, -0.05) is 30.3 Å². The first-order chi connectivity index (χ1) is 14.1. The SMILES string of the molecule is CN=C(NCCc1cccc(C(=O)N(C)C)c1)N1CCN(c2ccccc2)CC1. The molecule has 2 aromatic carbocycles. The second kappa shape index (κ2) is 9.96. The molecule has 0 spiro atoms. The Labute approximate surface area is 173 Å². The van der Waals surface area contributed by atoms with Gasteiger partial charge in [-0.3, -0.25) is 9.79 Å². The Hall–Kier alpha value is -3.02. The van der Waals surface area contributed by atoms with Crippen LogP contribution < -0.4 is 10.2 Å². The summed E-state index contributed by atoms with van der Waals surface area (Å²) in [6, 6.07) is 18.4. The topological polar surface area (TPSA) is 51.2 Å². The van der Waals surface area contributed by atoms with Crippen LogP contribution in [-0.2, 0) is 6.42 Å². The minimum Gasteiger partial charge on any atom is -0.368 e. The molecule has 1 N–H and O–H groups in total. The van der Waals surface area contributed by atoms with Crippen molar-refractivity contribution in [1.82, 2.24) is 15.1 Å². The predicted octanol–water partition coefficient (Wildman–Crippen LogP) is 2.33. The highest BCUT2D eigenvalue weighted by Gasteiger charge is 2.19. The Morgan fingerprint density at radius 2 is 1.76 bits per heavy atom. The van der Waals surface area contributed by atoms with E-state index in [1.54, 1.807) is 19.0 Å². The average molecular weight is 394 g/mol. The second-order valence-corrected chi connectivity index (χ2v) is 7.43. The fraction of sp³-hybridized carbons (Fsp3) is 0.391. The molecule has 0 unspecified atom stereocenters. The zero-order valence-corrected chi connectivity index (χ0v) is 17.6. The van der Waals surface area contributed by atoms with Crippen molar-refractivity contribution < 1.29 is 4.79 Å². The Morgan fingerprint density at radius 1 is 1.03 bits per heavy atom. The number of piperazine rings is 1. The number of amides is 1. The first-order valence-corrected chi connectivity index (χ1v) is 10.1. The number of carbonyl (C=O) groups is 1. The highest BCUT2D eigenvalue weighted by molar-refractivity contribution is 5.94. The van der Waals surface area contributed by atoms with Crippen LogP contribution in [0.3, 0.4) is 0 Å². The molecular formula is C23H31N5O. The molecule has 0 radical (unpaired) electrons. The molecule has 0 atom stereocenters. The van der Waals surface area contributed by atoms with Gasteiger partial charge in [0.05, 0.1) is 0 Å². The average Bonchev–Trinajstić information content (AvgIpc) is 2.77. The Kier molecular flexibility index (Phi) is 7.11. The van der Waals surface area contributed by atoms with Crippen molar-refractivity contribution in [1.29, 1.82) is 0 Å². The summed E-state index contributed by atoms with van der Waals surface area (Å²) in [5.74, 6) is 0.977. The van der Waals surface area contributed by atoms with Crippen LogP contribution in [0.15, 0.2) is 59.6 Å². The highest BCUT2D eigenvalue weighted by atomic mass is 16.2. The molecule has 1 heterocycles. The molecule has 0 saturated carbocycles. The number of anilines is 1. The van der Waals surface area contributed by atoms with E-state index in [1.807, 2.05) is 25.2 Å². The number of guanidine groups is 1. The number of hydrogen-bond donors (Lipinski definition) is 1. The van der Waals surface area contributed by atoms with Crippen LogP contribution in [0.4, 0.5) is 5.69 Å². The summed E-state index contributed by atoms with van der Waals surface area (Å²) in [5.41, 5.74) is 3.16. The number of nitrogens with zero attached hydrogens (tertiary/aromatic N) is 4. The lowest BCUT2D eigenvalue weighted by Crippen LogP contribution is -2.52. The second-order valence-electron chi connectivity index (χ2n) is 7.43. The number of nitrogens with one attached hydrogen (secondary N) is 1. The van der Waals surface area contributed by atoms with Gasteiger partial charge in [-0.15, -0.1) is 0 Å². The van der Waals surface area contributed by atoms with Crippen LogP contribution in [0.2, 0.25) is 0 Å². The van der Waals surface area contributed by atoms with Gasteiger partial charge >= 0.3 is 0 Å². The van der Waals surface area contributed by atoms with Crippen molar-refractivity contribution in [2.24, 2.45) is 4.99 Å². The third kappa shape index (κ3) is 5.50. The molecule has 6 heteroatoms. The first kappa shape index (κ1) is 20.7. The summed E-state index contributed by atoms with van der Waals surface area (Å²) in [7, 11) is 5.39. The zero-order chi connectivity index (χ0) is 20.6. The maximum atomic E-state index is 12.1. The van der Waals surface area contributed by atoms with Crippen molar-refractivity contribution in [2.45, 2.75) is 6.42 Å². The van der Waals surface area contributed by atoms with Crippen molar-refractivity contribution >= 4 is 17.6 Å². The maximum absolute atomic E-state index is 12.1. The van der Waals surface area contributed by atoms with E-state index >= 15 is 0 Å². The largest absolute Gasteiger partial charge is 0.368 e. The molecular weight excluding hydrogens is 362 g/mol. The van der Waals surface area contributed by atoms with E-state index in [0.29, 0.717) is 0 Å². The lowest BCUT2D eigenvalue weighted by molar-refractivity contribution is 0.0827. The zero-order valence-electron chi connectivity index (χ0n) is 17.6. The van der Waals surface area contributed by atoms with Crippen molar-refractivity contribution in [2.75, 3.05) is 58.8 Å². The van der Waals surface area contributed by atoms with Crippen LogP contribution in [0.1, 0.15) is 15.9 Å². The molecule has 1 saturated heterocycles. The minimum absolute atomic E-state index is 0.0342. The smallest absolute Gasteiger partial charge is 0.253 e. The monoisotopic (exact) mass is 393 g/mol. The predicted molar refractivity (Wildman–Crippen MR) is 120 cm³/mol. The molecule has 6 nitrogen and oxygen atoms in total. The van der Waals surface area contributed by atoms with E-state index in [0.717, 1.165) is 56.2 Å². The van der Waals surface area contributed by atoms with Crippen LogP contribution in [0, 0.1) is 0 Å². The molecule has 1 aliphatic rings. The third-order valence-corrected chi connectivity index (χ3v) is 5.19. The van der Waals surface area contributed by atoms with E-state index in [2.05, 4.69) is 56.5 Å². The van der Waals surface area contributed by atoms with Crippen LogP contribution in [0.25, 0.3) is 0 Å². The van der Waals surface area contributed by atoms with Crippen LogP contribution in [-0.4, -0.2) is 75.5 Å². The quantitative estimate of drug-likeness (QED) is 0.626. The van der Waals surface area contributed by atoms with Gasteiger partial charge in [0.2, 0.25) is 0 Å². The number of para-hydroxylation sites is 1. The van der Waals surface area contributed by atoms with Crippen LogP contribution >= 0.6 is 0 Å². The van der Waals surface area contributed by atoms with Gasteiger partial charge in [0.1, 0.15) is 0 Å². The minimum atomic E-state index is 0.0342. The lowest BCUT2D eigenvalue weighted by atomic mass is 10.1. The molecule has 29 heavy (non-hydrogen) atoms. The Morgan fingerprint density at radius 3 is 2.41 bits per heavy atom. The third-order valence-electron chi connectivity index (χ3n) is 5.19. The lowest BCUT2D eigenvalue weighted by Gasteiger charge is -2.37. The first-order valence-electron chi connectivity index (χ1n) is 10.1. The normalized spacial score (nSPS) is 14.7. The molecule has 0 bridgehead atoms. The summed E-state index contributed by atoms with van der Waals surface area (Å²) >= 11 is 0.